The summed E-state index contributed by atoms with van der Waals surface area (Å²) in [7, 11) is 0. The molecule has 4 aliphatic rings. The molecule has 4 aliphatic carbocycles. The van der Waals surface area contributed by atoms with Gasteiger partial charge in [-0.05, 0) is 62.2 Å². The normalized spacial score (nSPS) is 44.2. The second-order valence-corrected chi connectivity index (χ2v) is 9.65. The molecule has 1 N–H and O–H groups in total. The summed E-state index contributed by atoms with van der Waals surface area (Å²) < 4.78 is 0. The Morgan fingerprint density at radius 3 is 2.29 bits per heavy atom. The first kappa shape index (κ1) is 13.7. The smallest absolute Gasteiger partial charge is 0.347 e. The molecular weight excluding hydrogens is 282 g/mol. The van der Waals surface area contributed by atoms with Crippen molar-refractivity contribution in [1.29, 1.82) is 0 Å². The first-order chi connectivity index (χ1) is 9.73. The first-order valence-electron chi connectivity index (χ1n) is 7.94. The predicted octanol–water partition coefficient (Wildman–Crippen LogP) is 4.40. The van der Waals surface area contributed by atoms with Crippen molar-refractivity contribution >= 4 is 17.3 Å². The lowest BCUT2D eigenvalue weighted by atomic mass is 9.40. The van der Waals surface area contributed by atoms with Gasteiger partial charge in [0.1, 0.15) is 4.88 Å². The van der Waals surface area contributed by atoms with Gasteiger partial charge in [0.25, 0.3) is 0 Å². The number of hydrogen-bond acceptors (Lipinski definition) is 3. The van der Waals surface area contributed by atoms with E-state index in [1.165, 1.54) is 49.9 Å². The highest BCUT2D eigenvalue weighted by Gasteiger charge is 2.61. The standard InChI is InChI=1S/C17H23NO2S/c1-10-12(13(19)20)21-14(18-10)17-6-11-4-15(2,8-17)7-16(3,5-11)9-17/h11H,4-9H2,1-3H3,(H,19,20). The van der Waals surface area contributed by atoms with Gasteiger partial charge in [0, 0.05) is 5.41 Å². The third-order valence-electron chi connectivity index (χ3n) is 6.07. The zero-order valence-electron chi connectivity index (χ0n) is 13.0. The minimum Gasteiger partial charge on any atom is -0.477 e. The summed E-state index contributed by atoms with van der Waals surface area (Å²) in [5.41, 5.74) is 1.74. The van der Waals surface area contributed by atoms with E-state index >= 15 is 0 Å². The van der Waals surface area contributed by atoms with Gasteiger partial charge in [0.15, 0.2) is 0 Å². The van der Waals surface area contributed by atoms with E-state index in [4.69, 9.17) is 4.98 Å². The molecule has 4 heteroatoms. The van der Waals surface area contributed by atoms with Crippen molar-refractivity contribution in [2.24, 2.45) is 16.7 Å². The van der Waals surface area contributed by atoms with Crippen LogP contribution in [0.3, 0.4) is 0 Å². The maximum absolute atomic E-state index is 11.4. The average Bonchev–Trinajstić information content (AvgIpc) is 2.67. The van der Waals surface area contributed by atoms with Crippen molar-refractivity contribution in [2.75, 3.05) is 0 Å². The molecule has 2 atom stereocenters. The van der Waals surface area contributed by atoms with E-state index in [2.05, 4.69) is 13.8 Å². The van der Waals surface area contributed by atoms with Crippen LogP contribution in [0.1, 0.15) is 72.7 Å². The molecule has 0 spiro atoms. The molecule has 1 aromatic heterocycles. The lowest BCUT2D eigenvalue weighted by Gasteiger charge is -2.64. The van der Waals surface area contributed by atoms with Crippen LogP contribution < -0.4 is 0 Å². The summed E-state index contributed by atoms with van der Waals surface area (Å²) in [6, 6.07) is 0. The number of carboxylic acids is 1. The van der Waals surface area contributed by atoms with E-state index in [9.17, 15) is 9.90 Å². The first-order valence-corrected chi connectivity index (χ1v) is 8.76. The minimum absolute atomic E-state index is 0.159. The third-order valence-corrected chi connectivity index (χ3v) is 7.46. The number of rotatable bonds is 2. The number of aromatic nitrogens is 1. The van der Waals surface area contributed by atoms with Crippen molar-refractivity contribution in [1.82, 2.24) is 4.98 Å². The average molecular weight is 305 g/mol. The molecular formula is C17H23NO2S. The minimum atomic E-state index is -0.821. The second kappa shape index (κ2) is 3.89. The number of aryl methyl sites for hydroxylation is 1. The van der Waals surface area contributed by atoms with Crippen LogP contribution in [0, 0.1) is 23.7 Å². The molecule has 0 aromatic carbocycles. The van der Waals surface area contributed by atoms with E-state index in [-0.39, 0.29) is 5.41 Å². The fourth-order valence-electron chi connectivity index (χ4n) is 6.51. The molecule has 0 amide bonds. The maximum Gasteiger partial charge on any atom is 0.347 e. The largest absolute Gasteiger partial charge is 0.477 e. The number of hydrogen-bond donors (Lipinski definition) is 1. The molecule has 4 fully saturated rings. The Bertz CT molecular complexity index is 617. The Hall–Kier alpha value is -0.900. The predicted molar refractivity (Wildman–Crippen MR) is 82.9 cm³/mol. The van der Waals surface area contributed by atoms with Crippen molar-refractivity contribution in [3.05, 3.63) is 15.6 Å². The summed E-state index contributed by atoms with van der Waals surface area (Å²) in [6.45, 7) is 6.74. The highest BCUT2D eigenvalue weighted by Crippen LogP contribution is 2.70. The van der Waals surface area contributed by atoms with Gasteiger partial charge in [-0.3, -0.25) is 0 Å². The summed E-state index contributed by atoms with van der Waals surface area (Å²) in [5, 5.41) is 10.4. The lowest BCUT2D eigenvalue weighted by molar-refractivity contribution is -0.110. The fraction of sp³-hybridized carbons (Fsp3) is 0.765. The van der Waals surface area contributed by atoms with E-state index in [0.717, 1.165) is 10.9 Å². The van der Waals surface area contributed by atoms with E-state index < -0.39 is 5.97 Å². The molecule has 2 unspecified atom stereocenters. The number of nitrogens with zero attached hydrogens (tertiary/aromatic N) is 1. The zero-order chi connectivity index (χ0) is 15.0. The Morgan fingerprint density at radius 1 is 1.19 bits per heavy atom. The SMILES string of the molecule is Cc1nc(C23CC4CC(C)(CC(C)(C4)C2)C3)sc1C(=O)O. The Kier molecular flexibility index (Phi) is 2.55. The number of aromatic carboxylic acids is 1. The Labute approximate surface area is 129 Å². The van der Waals surface area contributed by atoms with Crippen LogP contribution in [-0.4, -0.2) is 16.1 Å². The molecule has 0 aliphatic heterocycles. The maximum atomic E-state index is 11.4. The summed E-state index contributed by atoms with van der Waals surface area (Å²) in [6.07, 6.45) is 7.70. The van der Waals surface area contributed by atoms with Gasteiger partial charge in [-0.2, -0.15) is 0 Å². The van der Waals surface area contributed by atoms with Crippen LogP contribution in [0.15, 0.2) is 0 Å². The van der Waals surface area contributed by atoms with Gasteiger partial charge >= 0.3 is 5.97 Å². The van der Waals surface area contributed by atoms with Crippen molar-refractivity contribution < 1.29 is 9.90 Å². The fourth-order valence-corrected chi connectivity index (χ4v) is 7.61. The second-order valence-electron chi connectivity index (χ2n) is 8.65. The highest BCUT2D eigenvalue weighted by molar-refractivity contribution is 7.13. The monoisotopic (exact) mass is 305 g/mol. The van der Waals surface area contributed by atoms with E-state index in [0.29, 0.717) is 21.4 Å². The Morgan fingerprint density at radius 2 is 1.81 bits per heavy atom. The molecule has 3 nitrogen and oxygen atoms in total. The van der Waals surface area contributed by atoms with Crippen LogP contribution in [0.25, 0.3) is 0 Å². The van der Waals surface area contributed by atoms with Gasteiger partial charge in [0.05, 0.1) is 10.7 Å². The molecule has 0 saturated heterocycles. The molecule has 0 radical (unpaired) electrons. The van der Waals surface area contributed by atoms with Crippen LogP contribution >= 0.6 is 11.3 Å². The number of thiazole rings is 1. The van der Waals surface area contributed by atoms with E-state index in [1.54, 1.807) is 0 Å². The van der Waals surface area contributed by atoms with Crippen LogP contribution in [0.2, 0.25) is 0 Å². The third kappa shape index (κ3) is 1.91. The van der Waals surface area contributed by atoms with Crippen LogP contribution in [-0.2, 0) is 5.41 Å². The molecule has 4 saturated carbocycles. The van der Waals surface area contributed by atoms with Gasteiger partial charge in [-0.1, -0.05) is 13.8 Å². The van der Waals surface area contributed by atoms with Gasteiger partial charge in [-0.25, -0.2) is 9.78 Å². The van der Waals surface area contributed by atoms with Crippen LogP contribution in [0.5, 0.6) is 0 Å². The summed E-state index contributed by atoms with van der Waals surface area (Å²) >= 11 is 1.44. The summed E-state index contributed by atoms with van der Waals surface area (Å²) in [4.78, 5) is 16.5. The number of carbonyl (C=O) groups is 1. The van der Waals surface area contributed by atoms with Gasteiger partial charge in [-0.15, -0.1) is 11.3 Å². The molecule has 1 heterocycles. The quantitative estimate of drug-likeness (QED) is 0.881. The van der Waals surface area contributed by atoms with Crippen LogP contribution in [0.4, 0.5) is 0 Å². The topological polar surface area (TPSA) is 50.2 Å². The van der Waals surface area contributed by atoms with Crippen molar-refractivity contribution in [3.63, 3.8) is 0 Å². The van der Waals surface area contributed by atoms with E-state index in [1.807, 2.05) is 6.92 Å². The Balaban J connectivity index is 1.81. The van der Waals surface area contributed by atoms with Crippen molar-refractivity contribution in [2.45, 2.75) is 64.7 Å². The lowest BCUT2D eigenvalue weighted by Crippen LogP contribution is -2.56. The molecule has 5 rings (SSSR count). The molecule has 114 valence electrons. The molecule has 21 heavy (non-hydrogen) atoms. The highest BCUT2D eigenvalue weighted by atomic mass is 32.1. The van der Waals surface area contributed by atoms with Gasteiger partial charge < -0.3 is 5.11 Å². The van der Waals surface area contributed by atoms with Gasteiger partial charge in [0.2, 0.25) is 0 Å². The van der Waals surface area contributed by atoms with Crippen molar-refractivity contribution in [3.8, 4) is 0 Å². The number of carboxylic acid groups (broad SMARTS) is 1. The summed E-state index contributed by atoms with van der Waals surface area (Å²) in [5.74, 6) is -0.00728. The zero-order valence-corrected chi connectivity index (χ0v) is 13.8. The molecule has 1 aromatic rings. The molecule has 4 bridgehead atoms.